The maximum absolute atomic E-state index is 13.0. The summed E-state index contributed by atoms with van der Waals surface area (Å²) in [6.45, 7) is 1.83. The van der Waals surface area contributed by atoms with Crippen LogP contribution in [-0.2, 0) is 28.6 Å². The Morgan fingerprint density at radius 1 is 0.969 bits per heavy atom. The Labute approximate surface area is 190 Å². The number of hydrogen-bond acceptors (Lipinski definition) is 4. The fourth-order valence-corrected chi connectivity index (χ4v) is 4.50. The van der Waals surface area contributed by atoms with E-state index in [9.17, 15) is 9.00 Å². The number of rotatable bonds is 9. The van der Waals surface area contributed by atoms with Gasteiger partial charge in [0.2, 0.25) is 0 Å². The van der Waals surface area contributed by atoms with E-state index in [1.165, 1.54) is 0 Å². The largest absolute Gasteiger partial charge is 0.361 e. The van der Waals surface area contributed by atoms with Crippen molar-refractivity contribution in [2.24, 2.45) is 0 Å². The number of hydrogen-bond donors (Lipinski definition) is 1. The lowest BCUT2D eigenvalue weighted by Gasteiger charge is -2.11. The molecule has 1 atom stereocenters. The third kappa shape index (κ3) is 5.59. The van der Waals surface area contributed by atoms with E-state index in [4.69, 9.17) is 4.52 Å². The van der Waals surface area contributed by atoms with E-state index < -0.39 is 11.0 Å². The zero-order valence-electron chi connectivity index (χ0n) is 17.8. The number of carbonyl (C=O) groups is 1. The number of carbonyl (C=O) groups excluding carboxylic acids is 1. The highest BCUT2D eigenvalue weighted by atomic mass is 32.2. The maximum Gasteiger partial charge on any atom is 0.150 e. The van der Waals surface area contributed by atoms with Crippen molar-refractivity contribution in [1.29, 1.82) is 0 Å². The molecular weight excluding hydrogens is 420 g/mol. The highest BCUT2D eigenvalue weighted by Crippen LogP contribution is 2.26. The predicted octanol–water partition coefficient (Wildman–Crippen LogP) is 5.53. The first kappa shape index (κ1) is 21.7. The molecule has 1 N–H and O–H groups in total. The quantitative estimate of drug-likeness (QED) is 0.368. The van der Waals surface area contributed by atoms with Crippen LogP contribution in [0.2, 0.25) is 0 Å². The molecule has 1 aromatic heterocycles. The van der Waals surface area contributed by atoms with Crippen LogP contribution in [0, 0.1) is 6.92 Å². The Hall–Kier alpha value is -3.51. The molecule has 0 aliphatic rings. The van der Waals surface area contributed by atoms with E-state index in [1.54, 1.807) is 0 Å². The normalized spacial score (nSPS) is 11.8. The van der Waals surface area contributed by atoms with Gasteiger partial charge in [-0.1, -0.05) is 65.8 Å². The lowest BCUT2D eigenvalue weighted by molar-refractivity contribution is -0.118. The predicted molar refractivity (Wildman–Crippen MR) is 127 cm³/mol. The second kappa shape index (κ2) is 10.2. The average molecular weight is 445 g/mol. The summed E-state index contributed by atoms with van der Waals surface area (Å²) in [7, 11) is -1.42. The Bertz CT molecular complexity index is 1220. The van der Waals surface area contributed by atoms with E-state index in [-0.39, 0.29) is 5.78 Å². The molecule has 0 saturated carbocycles. The van der Waals surface area contributed by atoms with Gasteiger partial charge in [0, 0.05) is 31.0 Å². The third-order valence-electron chi connectivity index (χ3n) is 5.07. The van der Waals surface area contributed by atoms with E-state index in [0.717, 1.165) is 38.7 Å². The van der Waals surface area contributed by atoms with Crippen LogP contribution in [0.4, 0.5) is 5.69 Å². The first-order chi connectivity index (χ1) is 15.6. The molecule has 0 fully saturated rings. The van der Waals surface area contributed by atoms with Gasteiger partial charge < -0.3 is 9.25 Å². The molecule has 0 amide bonds. The SMILES string of the molecule is Cc1cc(CCC(=O)Cc2ccc(NS(=O)c3ccccc3-c3ccccc3)cc2)no1. The summed E-state index contributed by atoms with van der Waals surface area (Å²) < 4.78 is 21.1. The molecule has 0 saturated heterocycles. The lowest BCUT2D eigenvalue weighted by atomic mass is 10.0. The van der Waals surface area contributed by atoms with Crippen LogP contribution in [-0.4, -0.2) is 15.1 Å². The zero-order valence-corrected chi connectivity index (χ0v) is 18.6. The van der Waals surface area contributed by atoms with Crippen molar-refractivity contribution in [3.63, 3.8) is 0 Å². The Morgan fingerprint density at radius 3 is 2.41 bits per heavy atom. The summed E-state index contributed by atoms with van der Waals surface area (Å²) in [5.41, 5.74) is 4.41. The molecule has 162 valence electrons. The van der Waals surface area contributed by atoms with Gasteiger partial charge >= 0.3 is 0 Å². The van der Waals surface area contributed by atoms with Gasteiger partial charge in [0.25, 0.3) is 0 Å². The number of ketones is 1. The third-order valence-corrected chi connectivity index (χ3v) is 6.25. The number of aromatic nitrogens is 1. The van der Waals surface area contributed by atoms with E-state index >= 15 is 0 Å². The van der Waals surface area contributed by atoms with Crippen molar-refractivity contribution in [1.82, 2.24) is 5.16 Å². The van der Waals surface area contributed by atoms with Crippen molar-refractivity contribution >= 4 is 22.5 Å². The zero-order chi connectivity index (χ0) is 22.3. The van der Waals surface area contributed by atoms with Crippen molar-refractivity contribution < 1.29 is 13.5 Å². The summed E-state index contributed by atoms with van der Waals surface area (Å²) in [5, 5.41) is 3.92. The van der Waals surface area contributed by atoms with Crippen LogP contribution in [0.25, 0.3) is 11.1 Å². The number of nitrogens with one attached hydrogen (secondary N) is 1. The first-order valence-corrected chi connectivity index (χ1v) is 11.6. The van der Waals surface area contributed by atoms with Gasteiger partial charge in [-0.05, 0) is 41.8 Å². The molecule has 3 aromatic carbocycles. The summed E-state index contributed by atoms with van der Waals surface area (Å²) in [6.07, 6.45) is 1.36. The topological polar surface area (TPSA) is 72.2 Å². The van der Waals surface area contributed by atoms with Gasteiger partial charge in [0.15, 0.2) is 11.0 Å². The molecule has 6 heteroatoms. The van der Waals surface area contributed by atoms with Crippen LogP contribution in [0.15, 0.2) is 94.3 Å². The fourth-order valence-electron chi connectivity index (χ4n) is 3.46. The second-order valence-electron chi connectivity index (χ2n) is 7.57. The molecule has 4 rings (SSSR count). The van der Waals surface area contributed by atoms with Crippen LogP contribution in [0.3, 0.4) is 0 Å². The van der Waals surface area contributed by atoms with Gasteiger partial charge in [0.05, 0.1) is 10.6 Å². The fraction of sp³-hybridized carbons (Fsp3) is 0.154. The minimum Gasteiger partial charge on any atom is -0.361 e. The molecular formula is C26H24N2O3S. The lowest BCUT2D eigenvalue weighted by Crippen LogP contribution is -2.07. The summed E-state index contributed by atoms with van der Waals surface area (Å²) in [6, 6.07) is 26.9. The number of anilines is 1. The standard InChI is InChI=1S/C26H24N2O3S/c1-19-17-23(27-31-19)15-16-24(29)18-20-11-13-22(14-12-20)28-32(30)26-10-6-5-9-25(26)21-7-3-2-4-8-21/h2-14,17,28H,15-16,18H2,1H3. The number of Topliss-reactive ketones (excluding diaryl/α,β-unsaturated/α-hetero) is 1. The van der Waals surface area contributed by atoms with Crippen molar-refractivity contribution in [2.45, 2.75) is 31.1 Å². The molecule has 0 bridgehead atoms. The van der Waals surface area contributed by atoms with Crippen LogP contribution >= 0.6 is 0 Å². The molecule has 1 heterocycles. The number of nitrogens with zero attached hydrogens (tertiary/aromatic N) is 1. The summed E-state index contributed by atoms with van der Waals surface area (Å²) in [4.78, 5) is 13.0. The van der Waals surface area contributed by atoms with E-state index in [1.807, 2.05) is 91.9 Å². The summed E-state index contributed by atoms with van der Waals surface area (Å²) in [5.74, 6) is 0.894. The van der Waals surface area contributed by atoms with E-state index in [2.05, 4.69) is 9.88 Å². The molecule has 1 unspecified atom stereocenters. The summed E-state index contributed by atoms with van der Waals surface area (Å²) >= 11 is 0. The average Bonchev–Trinajstić information content (AvgIpc) is 3.24. The van der Waals surface area contributed by atoms with Crippen molar-refractivity contribution in [3.8, 4) is 11.1 Å². The number of benzene rings is 3. The molecule has 5 nitrogen and oxygen atoms in total. The highest BCUT2D eigenvalue weighted by Gasteiger charge is 2.12. The minimum absolute atomic E-state index is 0.145. The molecule has 0 spiro atoms. The first-order valence-electron chi connectivity index (χ1n) is 10.4. The Kier molecular flexibility index (Phi) is 6.92. The molecule has 0 aliphatic carbocycles. The van der Waals surface area contributed by atoms with Crippen LogP contribution in [0.5, 0.6) is 0 Å². The molecule has 0 aliphatic heterocycles. The maximum atomic E-state index is 13.0. The van der Waals surface area contributed by atoms with E-state index in [0.29, 0.717) is 19.3 Å². The highest BCUT2D eigenvalue weighted by molar-refractivity contribution is 7.86. The molecule has 32 heavy (non-hydrogen) atoms. The van der Waals surface area contributed by atoms with Gasteiger partial charge in [-0.3, -0.25) is 4.79 Å². The van der Waals surface area contributed by atoms with Crippen molar-refractivity contribution in [3.05, 3.63) is 102 Å². The van der Waals surface area contributed by atoms with Gasteiger partial charge in [-0.25, -0.2) is 4.21 Å². The van der Waals surface area contributed by atoms with Crippen LogP contribution < -0.4 is 4.72 Å². The minimum atomic E-state index is -1.42. The number of aryl methyl sites for hydroxylation is 2. The molecule has 4 aromatic rings. The van der Waals surface area contributed by atoms with Gasteiger partial charge in [0.1, 0.15) is 11.5 Å². The van der Waals surface area contributed by atoms with Gasteiger partial charge in [-0.2, -0.15) is 0 Å². The smallest absolute Gasteiger partial charge is 0.150 e. The molecule has 0 radical (unpaired) electrons. The Balaban J connectivity index is 1.37. The van der Waals surface area contributed by atoms with Crippen molar-refractivity contribution in [2.75, 3.05) is 4.72 Å². The second-order valence-corrected chi connectivity index (χ2v) is 8.76. The van der Waals surface area contributed by atoms with Crippen LogP contribution in [0.1, 0.15) is 23.4 Å². The Morgan fingerprint density at radius 2 is 1.69 bits per heavy atom. The monoisotopic (exact) mass is 444 g/mol. The van der Waals surface area contributed by atoms with Gasteiger partial charge in [-0.15, -0.1) is 0 Å².